The Morgan fingerprint density at radius 2 is 2.12 bits per heavy atom. The molecule has 0 radical (unpaired) electrons. The van der Waals surface area contributed by atoms with Crippen molar-refractivity contribution in [3.63, 3.8) is 0 Å². The van der Waals surface area contributed by atoms with Gasteiger partial charge in [0.15, 0.2) is 0 Å². The van der Waals surface area contributed by atoms with Crippen molar-refractivity contribution in [2.75, 3.05) is 19.6 Å². The van der Waals surface area contributed by atoms with Crippen LogP contribution in [-0.2, 0) is 13.6 Å². The van der Waals surface area contributed by atoms with Crippen molar-refractivity contribution in [2.45, 2.75) is 19.4 Å². The maximum atomic E-state index is 5.67. The quantitative estimate of drug-likeness (QED) is 0.838. The molecule has 0 aromatic carbocycles. The van der Waals surface area contributed by atoms with Gasteiger partial charge in [-0.2, -0.15) is 0 Å². The van der Waals surface area contributed by atoms with E-state index in [0.29, 0.717) is 0 Å². The van der Waals surface area contributed by atoms with Crippen LogP contribution in [0.5, 0.6) is 0 Å². The van der Waals surface area contributed by atoms with Crippen molar-refractivity contribution in [3.8, 4) is 0 Å². The highest BCUT2D eigenvalue weighted by molar-refractivity contribution is 5.85. The third-order valence-electron chi connectivity index (χ3n) is 3.23. The Balaban J connectivity index is 0.00000128. The lowest BCUT2D eigenvalue weighted by molar-refractivity contribution is 0.177. The van der Waals surface area contributed by atoms with E-state index in [2.05, 4.69) is 15.2 Å². The smallest absolute Gasteiger partial charge is 0.0738 e. The lowest BCUT2D eigenvalue weighted by Crippen LogP contribution is -2.36. The zero-order valence-corrected chi connectivity index (χ0v) is 10.5. The van der Waals surface area contributed by atoms with E-state index in [0.717, 1.165) is 32.1 Å². The Morgan fingerprint density at radius 3 is 2.62 bits per heavy atom. The summed E-state index contributed by atoms with van der Waals surface area (Å²) in [5.41, 5.74) is 6.85. The van der Waals surface area contributed by atoms with Crippen molar-refractivity contribution in [2.24, 2.45) is 18.7 Å². The first-order valence-corrected chi connectivity index (χ1v) is 5.55. The third kappa shape index (κ3) is 3.17. The standard InChI is InChI=1S/C10H19N5.ClH/c1-14-10(7-12-13-14)8-15-4-2-9(6-11)3-5-15;/h7,9H,2-6,8,11H2,1H3;1H. The van der Waals surface area contributed by atoms with Gasteiger partial charge in [-0.15, -0.1) is 17.5 Å². The van der Waals surface area contributed by atoms with E-state index in [1.807, 2.05) is 17.9 Å². The van der Waals surface area contributed by atoms with Gasteiger partial charge < -0.3 is 5.73 Å². The van der Waals surface area contributed by atoms with Gasteiger partial charge in [-0.3, -0.25) is 9.58 Å². The van der Waals surface area contributed by atoms with Gasteiger partial charge in [-0.05, 0) is 38.4 Å². The normalized spacial score (nSPS) is 18.4. The zero-order chi connectivity index (χ0) is 10.7. The second kappa shape index (κ2) is 6.18. The summed E-state index contributed by atoms with van der Waals surface area (Å²) in [5, 5.41) is 7.82. The largest absolute Gasteiger partial charge is 0.330 e. The van der Waals surface area contributed by atoms with E-state index in [4.69, 9.17) is 5.73 Å². The second-order valence-corrected chi connectivity index (χ2v) is 4.30. The third-order valence-corrected chi connectivity index (χ3v) is 3.23. The van der Waals surface area contributed by atoms with Gasteiger partial charge in [0.25, 0.3) is 0 Å². The first-order chi connectivity index (χ1) is 7.29. The van der Waals surface area contributed by atoms with E-state index in [1.165, 1.54) is 18.5 Å². The van der Waals surface area contributed by atoms with Crippen LogP contribution in [0.25, 0.3) is 0 Å². The highest BCUT2D eigenvalue weighted by Gasteiger charge is 2.18. The van der Waals surface area contributed by atoms with Gasteiger partial charge in [0.1, 0.15) is 0 Å². The van der Waals surface area contributed by atoms with Crippen LogP contribution in [0.4, 0.5) is 0 Å². The van der Waals surface area contributed by atoms with Crippen LogP contribution in [0.2, 0.25) is 0 Å². The van der Waals surface area contributed by atoms with Crippen LogP contribution < -0.4 is 5.73 Å². The van der Waals surface area contributed by atoms with Crippen LogP contribution >= 0.6 is 12.4 Å². The second-order valence-electron chi connectivity index (χ2n) is 4.30. The molecule has 6 heteroatoms. The number of piperidine rings is 1. The lowest BCUT2D eigenvalue weighted by Gasteiger charge is -2.30. The summed E-state index contributed by atoms with van der Waals surface area (Å²) in [4.78, 5) is 2.45. The summed E-state index contributed by atoms with van der Waals surface area (Å²) in [5.74, 6) is 0.728. The fourth-order valence-electron chi connectivity index (χ4n) is 2.06. The SMILES string of the molecule is Cl.Cn1nncc1CN1CCC(CN)CC1. The minimum Gasteiger partial charge on any atom is -0.330 e. The number of nitrogens with two attached hydrogens (primary N) is 1. The summed E-state index contributed by atoms with van der Waals surface area (Å²) < 4.78 is 1.84. The summed E-state index contributed by atoms with van der Waals surface area (Å²) in [6, 6.07) is 0. The van der Waals surface area contributed by atoms with Crippen LogP contribution in [0.3, 0.4) is 0 Å². The molecule has 1 aromatic rings. The molecule has 2 heterocycles. The van der Waals surface area contributed by atoms with Crippen molar-refractivity contribution in [3.05, 3.63) is 11.9 Å². The molecule has 5 nitrogen and oxygen atoms in total. The fraction of sp³-hybridized carbons (Fsp3) is 0.800. The summed E-state index contributed by atoms with van der Waals surface area (Å²) in [7, 11) is 1.94. The molecule has 1 aliphatic heterocycles. The molecule has 0 bridgehead atoms. The molecule has 0 atom stereocenters. The molecule has 1 saturated heterocycles. The van der Waals surface area contributed by atoms with Crippen molar-refractivity contribution < 1.29 is 0 Å². The van der Waals surface area contributed by atoms with Crippen LogP contribution in [-0.4, -0.2) is 39.5 Å². The number of hydrogen-bond donors (Lipinski definition) is 1. The maximum absolute atomic E-state index is 5.67. The zero-order valence-electron chi connectivity index (χ0n) is 9.67. The molecule has 0 amide bonds. The van der Waals surface area contributed by atoms with E-state index >= 15 is 0 Å². The molecule has 0 aliphatic carbocycles. The van der Waals surface area contributed by atoms with Crippen molar-refractivity contribution >= 4 is 12.4 Å². The lowest BCUT2D eigenvalue weighted by atomic mass is 9.97. The number of rotatable bonds is 3. The highest BCUT2D eigenvalue weighted by Crippen LogP contribution is 2.17. The molecular formula is C10H20ClN5. The number of likely N-dealkylation sites (tertiary alicyclic amines) is 1. The molecule has 1 fully saturated rings. The van der Waals surface area contributed by atoms with Crippen molar-refractivity contribution in [1.29, 1.82) is 0 Å². The number of halogens is 1. The molecule has 92 valence electrons. The number of aryl methyl sites for hydroxylation is 1. The molecule has 2 rings (SSSR count). The first kappa shape index (κ1) is 13.4. The Morgan fingerprint density at radius 1 is 1.44 bits per heavy atom. The Labute approximate surface area is 102 Å². The molecule has 0 saturated carbocycles. The van der Waals surface area contributed by atoms with E-state index < -0.39 is 0 Å². The summed E-state index contributed by atoms with van der Waals surface area (Å²) >= 11 is 0. The highest BCUT2D eigenvalue weighted by atomic mass is 35.5. The van der Waals surface area contributed by atoms with Gasteiger partial charge in [-0.1, -0.05) is 5.21 Å². The molecule has 0 unspecified atom stereocenters. The average Bonchev–Trinajstić information content (AvgIpc) is 2.66. The monoisotopic (exact) mass is 245 g/mol. The van der Waals surface area contributed by atoms with Gasteiger partial charge >= 0.3 is 0 Å². The van der Waals surface area contributed by atoms with Crippen LogP contribution in [0.1, 0.15) is 18.5 Å². The van der Waals surface area contributed by atoms with Gasteiger partial charge in [0.2, 0.25) is 0 Å². The van der Waals surface area contributed by atoms with E-state index in [1.54, 1.807) is 0 Å². The van der Waals surface area contributed by atoms with Crippen molar-refractivity contribution in [1.82, 2.24) is 19.9 Å². The molecule has 1 aliphatic rings. The van der Waals surface area contributed by atoms with Gasteiger partial charge in [-0.25, -0.2) is 0 Å². The summed E-state index contributed by atoms with van der Waals surface area (Å²) in [6.45, 7) is 4.09. The Bertz CT molecular complexity index is 306. The predicted octanol–water partition coefficient (Wildman–Crippen LogP) is 0.408. The number of nitrogens with zero attached hydrogens (tertiary/aromatic N) is 4. The minimum absolute atomic E-state index is 0. The number of hydrogen-bond acceptors (Lipinski definition) is 4. The first-order valence-electron chi connectivity index (χ1n) is 5.55. The number of aromatic nitrogens is 3. The summed E-state index contributed by atoms with van der Waals surface area (Å²) in [6.07, 6.45) is 4.29. The molecular weight excluding hydrogens is 226 g/mol. The van der Waals surface area contributed by atoms with Gasteiger partial charge in [0, 0.05) is 13.6 Å². The predicted molar refractivity (Wildman–Crippen MR) is 65.3 cm³/mol. The van der Waals surface area contributed by atoms with E-state index in [-0.39, 0.29) is 12.4 Å². The fourth-order valence-corrected chi connectivity index (χ4v) is 2.06. The Hall–Kier alpha value is -0.650. The average molecular weight is 246 g/mol. The topological polar surface area (TPSA) is 60.0 Å². The van der Waals surface area contributed by atoms with Gasteiger partial charge in [0.05, 0.1) is 11.9 Å². The molecule has 1 aromatic heterocycles. The van der Waals surface area contributed by atoms with Crippen LogP contribution in [0.15, 0.2) is 6.20 Å². The minimum atomic E-state index is 0. The molecule has 0 spiro atoms. The molecule has 2 N–H and O–H groups in total. The van der Waals surface area contributed by atoms with E-state index in [9.17, 15) is 0 Å². The molecule has 16 heavy (non-hydrogen) atoms. The maximum Gasteiger partial charge on any atom is 0.0738 e. The van der Waals surface area contributed by atoms with Crippen LogP contribution in [0, 0.1) is 5.92 Å². The Kier molecular flexibility index (Phi) is 5.18.